The van der Waals surface area contributed by atoms with Crippen molar-refractivity contribution in [3.8, 4) is 23.0 Å². The van der Waals surface area contributed by atoms with Crippen LogP contribution in [0.15, 0.2) is 42.5 Å². The van der Waals surface area contributed by atoms with Gasteiger partial charge < -0.3 is 29.0 Å². The Bertz CT molecular complexity index is 889. The van der Waals surface area contributed by atoms with Crippen molar-refractivity contribution < 1.29 is 33.3 Å². The van der Waals surface area contributed by atoms with Gasteiger partial charge in [0.05, 0.1) is 14.2 Å². The van der Waals surface area contributed by atoms with Gasteiger partial charge in [-0.2, -0.15) is 0 Å². The highest BCUT2D eigenvalue weighted by Crippen LogP contribution is 2.40. The number of rotatable bonds is 7. The van der Waals surface area contributed by atoms with E-state index in [-0.39, 0.29) is 0 Å². The van der Waals surface area contributed by atoms with Crippen molar-refractivity contribution in [3.63, 3.8) is 0 Å². The second-order valence-corrected chi connectivity index (χ2v) is 5.97. The van der Waals surface area contributed by atoms with E-state index in [9.17, 15) is 9.59 Å². The summed E-state index contributed by atoms with van der Waals surface area (Å²) >= 11 is 0. The summed E-state index contributed by atoms with van der Waals surface area (Å²) in [6.45, 7) is 0.484. The quantitative estimate of drug-likeness (QED) is 0.565. The van der Waals surface area contributed by atoms with Crippen LogP contribution in [0.25, 0.3) is 6.08 Å². The molecule has 1 aliphatic heterocycles. The molecule has 8 heteroatoms. The van der Waals surface area contributed by atoms with E-state index < -0.39 is 18.5 Å². The molecule has 0 saturated carbocycles. The van der Waals surface area contributed by atoms with Gasteiger partial charge in [0, 0.05) is 11.8 Å². The van der Waals surface area contributed by atoms with Crippen molar-refractivity contribution >= 4 is 23.6 Å². The fraction of sp³-hybridized carbons (Fsp3) is 0.238. The average molecular weight is 399 g/mol. The highest BCUT2D eigenvalue weighted by molar-refractivity contribution is 5.94. The van der Waals surface area contributed by atoms with Crippen LogP contribution in [0.2, 0.25) is 0 Å². The molecule has 3 rings (SSSR count). The molecule has 0 atom stereocenters. The van der Waals surface area contributed by atoms with Crippen LogP contribution in [0.4, 0.5) is 5.69 Å². The van der Waals surface area contributed by atoms with E-state index in [4.69, 9.17) is 23.7 Å². The third-order valence-corrected chi connectivity index (χ3v) is 3.98. The first kappa shape index (κ1) is 20.1. The molecule has 152 valence electrons. The first-order valence-corrected chi connectivity index (χ1v) is 8.85. The third-order valence-electron chi connectivity index (χ3n) is 3.98. The van der Waals surface area contributed by atoms with Crippen LogP contribution in [-0.2, 0) is 14.3 Å². The molecular weight excluding hydrogens is 378 g/mol. The Hall–Kier alpha value is -3.68. The van der Waals surface area contributed by atoms with Gasteiger partial charge in [0.25, 0.3) is 5.91 Å². The van der Waals surface area contributed by atoms with Gasteiger partial charge in [0.15, 0.2) is 18.1 Å². The van der Waals surface area contributed by atoms with Crippen LogP contribution in [0, 0.1) is 0 Å². The molecule has 29 heavy (non-hydrogen) atoms. The number of hydrogen-bond acceptors (Lipinski definition) is 7. The summed E-state index contributed by atoms with van der Waals surface area (Å²) in [6, 6.07) is 10.3. The smallest absolute Gasteiger partial charge is 0.331 e. The molecule has 0 spiro atoms. The Morgan fingerprint density at radius 2 is 1.83 bits per heavy atom. The van der Waals surface area contributed by atoms with Crippen LogP contribution >= 0.6 is 0 Å². The van der Waals surface area contributed by atoms with E-state index in [1.165, 1.54) is 13.2 Å². The molecule has 2 aromatic rings. The number of carbonyl (C=O) groups excluding carboxylic acids is 2. The van der Waals surface area contributed by atoms with Crippen LogP contribution in [0.3, 0.4) is 0 Å². The van der Waals surface area contributed by atoms with Gasteiger partial charge >= 0.3 is 5.97 Å². The minimum Gasteiger partial charge on any atom is -0.497 e. The third kappa shape index (κ3) is 5.41. The zero-order chi connectivity index (χ0) is 20.6. The maximum atomic E-state index is 11.9. The standard InChI is InChI=1S/C21H21NO7/c1-25-16-6-4-15(5-7-16)22-19(23)13-29-20(24)8-3-14-11-17(26-2)21-18(12-14)27-9-10-28-21/h3-8,11-12H,9-10,13H2,1-2H3,(H,22,23)/b8-3+. The summed E-state index contributed by atoms with van der Waals surface area (Å²) < 4.78 is 26.4. The highest BCUT2D eigenvalue weighted by atomic mass is 16.6. The summed E-state index contributed by atoms with van der Waals surface area (Å²) in [4.78, 5) is 23.8. The molecule has 0 unspecified atom stereocenters. The number of amides is 1. The van der Waals surface area contributed by atoms with Crippen molar-refractivity contribution in [1.29, 1.82) is 0 Å². The van der Waals surface area contributed by atoms with Gasteiger partial charge in [-0.1, -0.05) is 0 Å². The second-order valence-electron chi connectivity index (χ2n) is 5.97. The molecule has 0 saturated heterocycles. The molecule has 0 aromatic heterocycles. The van der Waals surface area contributed by atoms with Gasteiger partial charge in [-0.3, -0.25) is 4.79 Å². The SMILES string of the molecule is COc1ccc(NC(=O)COC(=O)/C=C/c2cc(OC)c3c(c2)OCCO3)cc1. The maximum Gasteiger partial charge on any atom is 0.331 e. The molecular formula is C21H21NO7. The molecule has 0 radical (unpaired) electrons. The summed E-state index contributed by atoms with van der Waals surface area (Å²) in [5.41, 5.74) is 1.25. The molecule has 1 amide bonds. The van der Waals surface area contributed by atoms with Crippen LogP contribution in [-0.4, -0.2) is 45.9 Å². The number of methoxy groups -OCH3 is 2. The Labute approximate surface area is 168 Å². The molecule has 2 aromatic carbocycles. The number of hydrogen-bond donors (Lipinski definition) is 1. The number of ether oxygens (including phenoxy) is 5. The minimum atomic E-state index is -0.649. The fourth-order valence-electron chi connectivity index (χ4n) is 2.61. The minimum absolute atomic E-state index is 0.403. The molecule has 1 heterocycles. The first-order chi connectivity index (χ1) is 14.1. The van der Waals surface area contributed by atoms with Crippen LogP contribution in [0.5, 0.6) is 23.0 Å². The van der Waals surface area contributed by atoms with Gasteiger partial charge in [-0.25, -0.2) is 4.79 Å². The fourth-order valence-corrected chi connectivity index (χ4v) is 2.61. The largest absolute Gasteiger partial charge is 0.497 e. The van der Waals surface area contributed by atoms with Crippen molar-refractivity contribution in [3.05, 3.63) is 48.0 Å². The van der Waals surface area contributed by atoms with Crippen molar-refractivity contribution in [1.82, 2.24) is 0 Å². The highest BCUT2D eigenvalue weighted by Gasteiger charge is 2.17. The monoisotopic (exact) mass is 399 g/mol. The normalized spacial score (nSPS) is 12.3. The Kier molecular flexibility index (Phi) is 6.57. The molecule has 0 bridgehead atoms. The lowest BCUT2D eigenvalue weighted by Crippen LogP contribution is -2.20. The second kappa shape index (κ2) is 9.50. The van der Waals surface area contributed by atoms with E-state index in [0.717, 1.165) is 0 Å². The van der Waals surface area contributed by atoms with E-state index in [1.807, 2.05) is 0 Å². The van der Waals surface area contributed by atoms with E-state index in [2.05, 4.69) is 5.32 Å². The predicted octanol–water partition coefficient (Wildman–Crippen LogP) is 2.67. The van der Waals surface area contributed by atoms with Crippen LogP contribution < -0.4 is 24.3 Å². The average Bonchev–Trinajstić information content (AvgIpc) is 2.76. The number of benzene rings is 2. The Balaban J connectivity index is 1.53. The maximum absolute atomic E-state index is 11.9. The molecule has 0 aliphatic carbocycles. The van der Waals surface area contributed by atoms with Gasteiger partial charge in [0.2, 0.25) is 5.75 Å². The lowest BCUT2D eigenvalue weighted by molar-refractivity contribution is -0.142. The van der Waals surface area contributed by atoms with Crippen LogP contribution in [0.1, 0.15) is 5.56 Å². The number of esters is 1. The zero-order valence-electron chi connectivity index (χ0n) is 16.1. The number of fused-ring (bicyclic) bond motifs is 1. The number of anilines is 1. The van der Waals surface area contributed by atoms with Gasteiger partial charge in [-0.05, 0) is 48.0 Å². The van der Waals surface area contributed by atoms with Crippen molar-refractivity contribution in [2.24, 2.45) is 0 Å². The Morgan fingerprint density at radius 1 is 1.07 bits per heavy atom. The van der Waals surface area contributed by atoms with Crippen molar-refractivity contribution in [2.45, 2.75) is 0 Å². The summed E-state index contributed by atoms with van der Waals surface area (Å²) in [6.07, 6.45) is 2.77. The van der Waals surface area contributed by atoms with E-state index in [0.29, 0.717) is 47.5 Å². The topological polar surface area (TPSA) is 92.3 Å². The van der Waals surface area contributed by atoms with Gasteiger partial charge in [0.1, 0.15) is 19.0 Å². The predicted molar refractivity (Wildman–Crippen MR) is 106 cm³/mol. The van der Waals surface area contributed by atoms with Crippen molar-refractivity contribution in [2.75, 3.05) is 39.4 Å². The molecule has 8 nitrogen and oxygen atoms in total. The van der Waals surface area contributed by atoms with E-state index in [1.54, 1.807) is 49.6 Å². The zero-order valence-corrected chi connectivity index (χ0v) is 16.1. The van der Waals surface area contributed by atoms with E-state index >= 15 is 0 Å². The summed E-state index contributed by atoms with van der Waals surface area (Å²) in [5.74, 6) is 1.17. The lowest BCUT2D eigenvalue weighted by atomic mass is 10.1. The Morgan fingerprint density at radius 3 is 2.55 bits per heavy atom. The number of nitrogens with one attached hydrogen (secondary N) is 1. The van der Waals surface area contributed by atoms with Gasteiger partial charge in [-0.15, -0.1) is 0 Å². The lowest BCUT2D eigenvalue weighted by Gasteiger charge is -2.20. The summed E-state index contributed by atoms with van der Waals surface area (Å²) in [7, 11) is 3.08. The number of carbonyl (C=O) groups is 2. The first-order valence-electron chi connectivity index (χ1n) is 8.85. The molecule has 1 aliphatic rings. The summed E-state index contributed by atoms with van der Waals surface area (Å²) in [5, 5.41) is 2.63. The molecule has 0 fully saturated rings. The molecule has 1 N–H and O–H groups in total.